The molecule has 1 aliphatic heterocycles. The van der Waals surface area contributed by atoms with Gasteiger partial charge < -0.3 is 19.7 Å². The van der Waals surface area contributed by atoms with Crippen LogP contribution in [0.25, 0.3) is 0 Å². The minimum absolute atomic E-state index is 0.192. The number of nitrogens with one attached hydrogen (secondary N) is 1. The van der Waals surface area contributed by atoms with Crippen molar-refractivity contribution >= 4 is 23.3 Å². The van der Waals surface area contributed by atoms with Gasteiger partial charge in [-0.3, -0.25) is 4.79 Å². The maximum absolute atomic E-state index is 12.0. The summed E-state index contributed by atoms with van der Waals surface area (Å²) < 4.78 is 5.00. The van der Waals surface area contributed by atoms with E-state index in [9.17, 15) is 9.59 Å². The zero-order valence-electron chi connectivity index (χ0n) is 10.6. The van der Waals surface area contributed by atoms with Crippen LogP contribution in [0.2, 0.25) is 0 Å². The van der Waals surface area contributed by atoms with E-state index in [0.29, 0.717) is 18.0 Å². The Morgan fingerprint density at radius 3 is 2.83 bits per heavy atom. The van der Waals surface area contributed by atoms with Crippen molar-refractivity contribution in [2.24, 2.45) is 5.92 Å². The van der Waals surface area contributed by atoms with E-state index in [1.807, 2.05) is 13.8 Å². The Balaban J connectivity index is 2.36. The van der Waals surface area contributed by atoms with E-state index in [-0.39, 0.29) is 23.4 Å². The van der Waals surface area contributed by atoms with Crippen LogP contribution < -0.4 is 10.2 Å². The molecule has 6 nitrogen and oxygen atoms in total. The van der Waals surface area contributed by atoms with Crippen molar-refractivity contribution in [1.82, 2.24) is 0 Å². The van der Waals surface area contributed by atoms with Crippen molar-refractivity contribution in [1.29, 1.82) is 0 Å². The number of likely N-dealkylation sites (N-methyl/N-ethyl adjacent to an activating group) is 1. The summed E-state index contributed by atoms with van der Waals surface area (Å²) >= 11 is 0. The lowest BCUT2D eigenvalue weighted by atomic mass is 9.99. The molecule has 0 spiro atoms. The fourth-order valence-corrected chi connectivity index (χ4v) is 2.15. The monoisotopic (exact) mass is 252 g/mol. The number of hydrogen-bond acceptors (Lipinski definition) is 4. The summed E-state index contributed by atoms with van der Waals surface area (Å²) in [5.74, 6) is -1.24. The Labute approximate surface area is 105 Å². The highest BCUT2D eigenvalue weighted by molar-refractivity contribution is 6.08. The normalized spacial score (nSPS) is 18.8. The van der Waals surface area contributed by atoms with Crippen LogP contribution in [0, 0.1) is 5.92 Å². The first kappa shape index (κ1) is 12.5. The minimum Gasteiger partial charge on any atom is -0.475 e. The summed E-state index contributed by atoms with van der Waals surface area (Å²) in [5, 5.41) is 11.6. The second-order valence-corrected chi connectivity index (χ2v) is 4.88. The molecule has 0 radical (unpaired) electrons. The number of fused-ring (bicyclic) bond motifs is 1. The molecule has 2 heterocycles. The molecule has 1 amide bonds. The Morgan fingerprint density at radius 2 is 2.28 bits per heavy atom. The number of amides is 1. The molecule has 1 aromatic heterocycles. The van der Waals surface area contributed by atoms with Gasteiger partial charge in [0.15, 0.2) is 0 Å². The Kier molecular flexibility index (Phi) is 3.02. The third-order valence-corrected chi connectivity index (χ3v) is 3.06. The van der Waals surface area contributed by atoms with Crippen LogP contribution in [0.1, 0.15) is 30.8 Å². The molecule has 1 aliphatic rings. The van der Waals surface area contributed by atoms with E-state index in [4.69, 9.17) is 9.52 Å². The third kappa shape index (κ3) is 1.94. The molecule has 0 saturated heterocycles. The van der Waals surface area contributed by atoms with Crippen molar-refractivity contribution in [2.75, 3.05) is 17.3 Å². The molecule has 18 heavy (non-hydrogen) atoms. The van der Waals surface area contributed by atoms with Gasteiger partial charge in [0.25, 0.3) is 0 Å². The Bertz CT molecular complexity index is 492. The van der Waals surface area contributed by atoms with Crippen LogP contribution >= 0.6 is 0 Å². The number of carbonyl (C=O) groups is 2. The smallest absolute Gasteiger partial charge is 0.374 e. The summed E-state index contributed by atoms with van der Waals surface area (Å²) in [6.07, 6.45) is 2.07. The SMILES string of the molecule is CC(C)C[C@@H]1C(=O)Nc2c(coc2C(=O)O)N1C. The van der Waals surface area contributed by atoms with Crippen molar-refractivity contribution < 1.29 is 19.1 Å². The largest absolute Gasteiger partial charge is 0.475 e. The zero-order valence-corrected chi connectivity index (χ0v) is 10.6. The fourth-order valence-electron chi connectivity index (χ4n) is 2.15. The standard InChI is InChI=1S/C12H16N2O4/c1-6(2)4-7-11(15)13-9-8(14(7)3)5-18-10(9)12(16)17/h5-7H,4H2,1-3H3,(H,13,15)(H,16,17)/t7-/m1/s1. The maximum Gasteiger partial charge on any atom is 0.374 e. The number of nitrogens with zero attached hydrogens (tertiary/aromatic N) is 1. The van der Waals surface area contributed by atoms with E-state index in [1.54, 1.807) is 11.9 Å². The van der Waals surface area contributed by atoms with Crippen LogP contribution in [0.5, 0.6) is 0 Å². The fraction of sp³-hybridized carbons (Fsp3) is 0.500. The molecule has 1 atom stereocenters. The lowest BCUT2D eigenvalue weighted by Crippen LogP contribution is -2.46. The molecule has 6 heteroatoms. The minimum atomic E-state index is -1.19. The first-order chi connectivity index (χ1) is 8.41. The van der Waals surface area contributed by atoms with Gasteiger partial charge in [0, 0.05) is 7.05 Å². The molecule has 0 aromatic carbocycles. The molecule has 1 aromatic rings. The van der Waals surface area contributed by atoms with Gasteiger partial charge >= 0.3 is 5.97 Å². The zero-order chi connectivity index (χ0) is 13.4. The molecule has 2 N–H and O–H groups in total. The predicted octanol–water partition coefficient (Wildman–Crippen LogP) is 1.78. The van der Waals surface area contributed by atoms with E-state index in [2.05, 4.69) is 5.32 Å². The van der Waals surface area contributed by atoms with E-state index in [1.165, 1.54) is 6.26 Å². The van der Waals surface area contributed by atoms with E-state index >= 15 is 0 Å². The summed E-state index contributed by atoms with van der Waals surface area (Å²) in [7, 11) is 1.77. The summed E-state index contributed by atoms with van der Waals surface area (Å²) in [6.45, 7) is 4.07. The van der Waals surface area contributed by atoms with Gasteiger partial charge in [-0.1, -0.05) is 13.8 Å². The topological polar surface area (TPSA) is 82.8 Å². The maximum atomic E-state index is 12.0. The molecule has 2 rings (SSSR count). The van der Waals surface area contributed by atoms with Crippen molar-refractivity contribution in [3.63, 3.8) is 0 Å². The average molecular weight is 252 g/mol. The number of carboxylic acid groups (broad SMARTS) is 1. The van der Waals surface area contributed by atoms with Gasteiger partial charge in [-0.05, 0) is 12.3 Å². The Hall–Kier alpha value is -1.98. The van der Waals surface area contributed by atoms with Crippen LogP contribution in [-0.4, -0.2) is 30.1 Å². The molecular formula is C12H16N2O4. The highest BCUT2D eigenvalue weighted by Gasteiger charge is 2.35. The lowest BCUT2D eigenvalue weighted by molar-refractivity contribution is -0.117. The molecule has 0 unspecified atom stereocenters. The molecule has 0 aliphatic carbocycles. The van der Waals surface area contributed by atoms with Gasteiger partial charge in [-0.25, -0.2) is 4.79 Å². The highest BCUT2D eigenvalue weighted by atomic mass is 16.4. The van der Waals surface area contributed by atoms with E-state index < -0.39 is 5.97 Å². The first-order valence-corrected chi connectivity index (χ1v) is 5.80. The molecule has 0 saturated carbocycles. The summed E-state index contributed by atoms with van der Waals surface area (Å²) in [6, 6.07) is -0.295. The second kappa shape index (κ2) is 4.36. The quantitative estimate of drug-likeness (QED) is 0.856. The van der Waals surface area contributed by atoms with Crippen molar-refractivity contribution in [2.45, 2.75) is 26.3 Å². The van der Waals surface area contributed by atoms with Crippen LogP contribution in [0.15, 0.2) is 10.7 Å². The van der Waals surface area contributed by atoms with Crippen LogP contribution in [0.3, 0.4) is 0 Å². The van der Waals surface area contributed by atoms with Crippen molar-refractivity contribution in [3.8, 4) is 0 Å². The molecule has 0 fully saturated rings. The van der Waals surface area contributed by atoms with Gasteiger partial charge in [0.05, 0.1) is 0 Å². The van der Waals surface area contributed by atoms with Gasteiger partial charge in [0.2, 0.25) is 11.7 Å². The highest BCUT2D eigenvalue weighted by Crippen LogP contribution is 2.37. The molecule has 98 valence electrons. The third-order valence-electron chi connectivity index (χ3n) is 3.06. The van der Waals surface area contributed by atoms with Crippen LogP contribution in [-0.2, 0) is 4.79 Å². The van der Waals surface area contributed by atoms with Gasteiger partial charge in [-0.2, -0.15) is 0 Å². The number of hydrogen-bond donors (Lipinski definition) is 2. The number of rotatable bonds is 3. The van der Waals surface area contributed by atoms with E-state index in [0.717, 1.165) is 0 Å². The molecular weight excluding hydrogens is 236 g/mol. The number of aromatic carboxylic acids is 1. The van der Waals surface area contributed by atoms with Crippen molar-refractivity contribution in [3.05, 3.63) is 12.0 Å². The van der Waals surface area contributed by atoms with Crippen LogP contribution in [0.4, 0.5) is 11.4 Å². The second-order valence-electron chi connectivity index (χ2n) is 4.88. The van der Waals surface area contributed by atoms with Gasteiger partial charge in [-0.15, -0.1) is 0 Å². The lowest BCUT2D eigenvalue weighted by Gasteiger charge is -2.33. The van der Waals surface area contributed by atoms with Gasteiger partial charge in [0.1, 0.15) is 23.7 Å². The predicted molar refractivity (Wildman–Crippen MR) is 65.9 cm³/mol. The molecule has 0 bridgehead atoms. The summed E-state index contributed by atoms with van der Waals surface area (Å²) in [4.78, 5) is 24.7. The first-order valence-electron chi connectivity index (χ1n) is 5.80. The number of carbonyl (C=O) groups excluding carboxylic acids is 1. The summed E-state index contributed by atoms with van der Waals surface area (Å²) in [5.41, 5.74) is 0.854. The number of carboxylic acids is 1. The number of furan rings is 1. The average Bonchev–Trinajstić information content (AvgIpc) is 2.67. The number of anilines is 2. The Morgan fingerprint density at radius 1 is 1.61 bits per heavy atom.